The molecule has 0 fully saturated rings. The minimum absolute atomic E-state index is 0.362. The van der Waals surface area contributed by atoms with Crippen LogP contribution in [0.4, 0.5) is 0 Å². The van der Waals surface area contributed by atoms with Crippen molar-refractivity contribution in [3.63, 3.8) is 0 Å². The number of rotatable bonds is 12. The molecule has 0 aliphatic carbocycles. The van der Waals surface area contributed by atoms with Gasteiger partial charge in [-0.3, -0.25) is 0 Å². The summed E-state index contributed by atoms with van der Waals surface area (Å²) in [5, 5.41) is 8.63. The summed E-state index contributed by atoms with van der Waals surface area (Å²) in [6.45, 7) is 2.41. The van der Waals surface area contributed by atoms with Crippen LogP contribution < -0.4 is 0 Å². The first-order valence-electron chi connectivity index (χ1n) is 7.30. The number of aliphatic hydroxyl groups is 1. The summed E-state index contributed by atoms with van der Waals surface area (Å²) < 4.78 is 0. The van der Waals surface area contributed by atoms with Crippen LogP contribution in [0.3, 0.4) is 0 Å². The molecule has 0 spiro atoms. The summed E-state index contributed by atoms with van der Waals surface area (Å²) in [6, 6.07) is 0. The molecule has 0 heterocycles. The molecule has 0 aromatic carbocycles. The zero-order valence-electron chi connectivity index (χ0n) is 11.5. The first-order chi connectivity index (χ1) is 8.41. The van der Waals surface area contributed by atoms with Crippen molar-refractivity contribution >= 4 is 0 Å². The largest absolute Gasteiger partial charge is 0.396 e. The van der Waals surface area contributed by atoms with E-state index in [0.717, 1.165) is 6.42 Å². The lowest BCUT2D eigenvalue weighted by atomic mass is 10.1. The summed E-state index contributed by atoms with van der Waals surface area (Å²) in [5.74, 6) is 0. The molecule has 0 saturated heterocycles. The van der Waals surface area contributed by atoms with Crippen LogP contribution in [0.25, 0.3) is 0 Å². The van der Waals surface area contributed by atoms with E-state index in [0.29, 0.717) is 6.61 Å². The van der Waals surface area contributed by atoms with Crippen molar-refractivity contribution in [2.24, 2.45) is 0 Å². The zero-order chi connectivity index (χ0) is 12.6. The molecule has 0 radical (unpaired) electrons. The highest BCUT2D eigenvalue weighted by atomic mass is 16.2. The number of hydrogen-bond acceptors (Lipinski definition) is 1. The average molecular weight is 238 g/mol. The minimum Gasteiger partial charge on any atom is -0.396 e. The summed E-state index contributed by atoms with van der Waals surface area (Å²) in [4.78, 5) is 0. The predicted octanol–water partition coefficient (Wildman–Crippen LogP) is 5.01. The first kappa shape index (κ1) is 16.4. The predicted molar refractivity (Wildman–Crippen MR) is 77.2 cm³/mol. The molecule has 0 aromatic heterocycles. The second-order valence-corrected chi connectivity index (χ2v) is 4.65. The molecule has 17 heavy (non-hydrogen) atoms. The Kier molecular flexibility index (Phi) is 14.9. The molecule has 0 saturated carbocycles. The van der Waals surface area contributed by atoms with Gasteiger partial charge in [0.05, 0.1) is 0 Å². The maximum absolute atomic E-state index is 8.63. The summed E-state index contributed by atoms with van der Waals surface area (Å²) >= 11 is 0. The van der Waals surface area contributed by atoms with Gasteiger partial charge in [-0.25, -0.2) is 0 Å². The SMILES string of the molecule is CC=CC=CCCCCCCCCCCCO. The van der Waals surface area contributed by atoms with Gasteiger partial charge < -0.3 is 5.11 Å². The van der Waals surface area contributed by atoms with E-state index in [1.165, 1.54) is 57.8 Å². The van der Waals surface area contributed by atoms with Crippen LogP contribution in [0.1, 0.15) is 71.1 Å². The molecule has 0 unspecified atom stereocenters. The highest BCUT2D eigenvalue weighted by Gasteiger charge is 1.91. The Morgan fingerprint density at radius 3 is 1.76 bits per heavy atom. The smallest absolute Gasteiger partial charge is 0.0431 e. The van der Waals surface area contributed by atoms with E-state index in [1.54, 1.807) is 0 Å². The third kappa shape index (κ3) is 15.4. The van der Waals surface area contributed by atoms with Crippen LogP contribution >= 0.6 is 0 Å². The third-order valence-corrected chi connectivity index (χ3v) is 2.97. The molecule has 0 aromatic rings. The molecule has 0 aliphatic heterocycles. The van der Waals surface area contributed by atoms with Crippen molar-refractivity contribution in [2.45, 2.75) is 71.1 Å². The molecule has 0 amide bonds. The highest BCUT2D eigenvalue weighted by Crippen LogP contribution is 2.10. The number of allylic oxidation sites excluding steroid dienone is 4. The van der Waals surface area contributed by atoms with Crippen LogP contribution in [-0.2, 0) is 0 Å². The first-order valence-corrected chi connectivity index (χ1v) is 7.30. The fourth-order valence-electron chi connectivity index (χ4n) is 1.90. The maximum atomic E-state index is 8.63. The minimum atomic E-state index is 0.362. The Balaban J connectivity index is 2.98. The molecule has 1 nitrogen and oxygen atoms in total. The van der Waals surface area contributed by atoms with Crippen molar-refractivity contribution < 1.29 is 5.11 Å². The normalized spacial score (nSPS) is 11.9. The van der Waals surface area contributed by atoms with Crippen LogP contribution in [0.15, 0.2) is 24.3 Å². The van der Waals surface area contributed by atoms with Gasteiger partial charge in [0, 0.05) is 6.61 Å². The van der Waals surface area contributed by atoms with Crippen LogP contribution in [0, 0.1) is 0 Å². The van der Waals surface area contributed by atoms with E-state index in [-0.39, 0.29) is 0 Å². The Hall–Kier alpha value is -0.560. The number of unbranched alkanes of at least 4 members (excludes halogenated alkanes) is 9. The standard InChI is InChI=1S/C16H30O/c1-2-3-4-5-6-7-8-9-10-11-12-13-14-15-16-17/h2-5,17H,6-16H2,1H3. The van der Waals surface area contributed by atoms with Crippen molar-refractivity contribution in [3.8, 4) is 0 Å². The summed E-state index contributed by atoms with van der Waals surface area (Å²) in [5.41, 5.74) is 0. The fourth-order valence-corrected chi connectivity index (χ4v) is 1.90. The van der Waals surface area contributed by atoms with Gasteiger partial charge in [0.2, 0.25) is 0 Å². The van der Waals surface area contributed by atoms with E-state index in [1.807, 2.05) is 6.92 Å². The third-order valence-electron chi connectivity index (χ3n) is 2.97. The Labute approximate surface area is 108 Å². The highest BCUT2D eigenvalue weighted by molar-refractivity contribution is 5.00. The van der Waals surface area contributed by atoms with Gasteiger partial charge >= 0.3 is 0 Å². The van der Waals surface area contributed by atoms with Gasteiger partial charge in [0.25, 0.3) is 0 Å². The van der Waals surface area contributed by atoms with Crippen molar-refractivity contribution in [1.82, 2.24) is 0 Å². The quantitative estimate of drug-likeness (QED) is 0.374. The molecule has 0 aliphatic rings. The van der Waals surface area contributed by atoms with Crippen molar-refractivity contribution in [1.29, 1.82) is 0 Å². The molecule has 1 heteroatoms. The molecule has 1 N–H and O–H groups in total. The van der Waals surface area contributed by atoms with Crippen LogP contribution in [-0.4, -0.2) is 11.7 Å². The average Bonchev–Trinajstić information content (AvgIpc) is 2.35. The van der Waals surface area contributed by atoms with Gasteiger partial charge in [-0.1, -0.05) is 69.2 Å². The van der Waals surface area contributed by atoms with Crippen LogP contribution in [0.5, 0.6) is 0 Å². The van der Waals surface area contributed by atoms with Gasteiger partial charge in [0.1, 0.15) is 0 Å². The molecule has 0 atom stereocenters. The van der Waals surface area contributed by atoms with Gasteiger partial charge in [-0.2, -0.15) is 0 Å². The lowest BCUT2D eigenvalue weighted by molar-refractivity contribution is 0.282. The molecule has 0 bridgehead atoms. The Bertz CT molecular complexity index is 182. The van der Waals surface area contributed by atoms with Crippen LogP contribution in [0.2, 0.25) is 0 Å². The molecule has 100 valence electrons. The summed E-state index contributed by atoms with van der Waals surface area (Å²) in [7, 11) is 0. The van der Waals surface area contributed by atoms with E-state index >= 15 is 0 Å². The lowest BCUT2D eigenvalue weighted by Crippen LogP contribution is -1.84. The zero-order valence-corrected chi connectivity index (χ0v) is 11.5. The van der Waals surface area contributed by atoms with E-state index in [9.17, 15) is 0 Å². The number of hydrogen-bond donors (Lipinski definition) is 1. The monoisotopic (exact) mass is 238 g/mol. The second-order valence-electron chi connectivity index (χ2n) is 4.65. The Morgan fingerprint density at radius 2 is 1.24 bits per heavy atom. The van der Waals surface area contributed by atoms with E-state index in [2.05, 4.69) is 24.3 Å². The molecule has 0 rings (SSSR count). The second kappa shape index (κ2) is 15.4. The van der Waals surface area contributed by atoms with Gasteiger partial charge in [-0.15, -0.1) is 0 Å². The van der Waals surface area contributed by atoms with E-state index in [4.69, 9.17) is 5.11 Å². The number of aliphatic hydroxyl groups excluding tert-OH is 1. The maximum Gasteiger partial charge on any atom is 0.0431 e. The Morgan fingerprint density at radius 1 is 0.706 bits per heavy atom. The van der Waals surface area contributed by atoms with Crippen molar-refractivity contribution in [2.75, 3.05) is 6.61 Å². The van der Waals surface area contributed by atoms with Gasteiger partial charge in [-0.05, 0) is 26.2 Å². The fraction of sp³-hybridized carbons (Fsp3) is 0.750. The summed E-state index contributed by atoms with van der Waals surface area (Å²) in [6.07, 6.45) is 21.5. The molecular weight excluding hydrogens is 208 g/mol. The molecular formula is C16H30O. The van der Waals surface area contributed by atoms with Crippen molar-refractivity contribution in [3.05, 3.63) is 24.3 Å². The lowest BCUT2D eigenvalue weighted by Gasteiger charge is -2.00. The topological polar surface area (TPSA) is 20.2 Å². The van der Waals surface area contributed by atoms with Gasteiger partial charge in [0.15, 0.2) is 0 Å². The van der Waals surface area contributed by atoms with E-state index < -0.39 is 0 Å².